The molecule has 1 amide bonds. The van der Waals surface area contributed by atoms with Gasteiger partial charge < -0.3 is 23.6 Å². The van der Waals surface area contributed by atoms with Crippen molar-refractivity contribution in [3.05, 3.63) is 48.4 Å². The maximum Gasteiger partial charge on any atom is 0.232 e. The maximum absolute atomic E-state index is 12.6. The average Bonchev–Trinajstić information content (AvgIpc) is 3.44. The summed E-state index contributed by atoms with van der Waals surface area (Å²) in [6, 6.07) is 12.9. The molecule has 3 aromatic rings. The smallest absolute Gasteiger partial charge is 0.232 e. The van der Waals surface area contributed by atoms with Gasteiger partial charge in [0.2, 0.25) is 17.6 Å². The van der Waals surface area contributed by atoms with Gasteiger partial charge in [-0.3, -0.25) is 4.79 Å². The molecule has 4 rings (SSSR count). The highest BCUT2D eigenvalue weighted by Crippen LogP contribution is 2.35. The molecule has 1 aliphatic heterocycles. The van der Waals surface area contributed by atoms with Crippen molar-refractivity contribution < 1.29 is 23.5 Å². The maximum atomic E-state index is 12.6. The minimum Gasteiger partial charge on any atom is -0.497 e. The van der Waals surface area contributed by atoms with E-state index in [2.05, 4.69) is 10.1 Å². The molecule has 1 saturated heterocycles. The second-order valence-electron chi connectivity index (χ2n) is 7.27. The number of hydrogen-bond acceptors (Lipinski definition) is 7. The minimum absolute atomic E-state index is 0.0222. The Morgan fingerprint density at radius 3 is 2.61 bits per heavy atom. The van der Waals surface area contributed by atoms with E-state index in [9.17, 15) is 4.79 Å². The third-order valence-corrected chi connectivity index (χ3v) is 5.18. The number of methoxy groups -OCH3 is 2. The number of nitrogens with zero attached hydrogens (tertiary/aromatic N) is 3. The van der Waals surface area contributed by atoms with E-state index in [1.54, 1.807) is 19.1 Å². The van der Waals surface area contributed by atoms with Gasteiger partial charge >= 0.3 is 0 Å². The Bertz CT molecular complexity index is 1050. The van der Waals surface area contributed by atoms with E-state index in [4.69, 9.17) is 18.7 Å². The highest BCUT2D eigenvalue weighted by atomic mass is 16.5. The summed E-state index contributed by atoms with van der Waals surface area (Å²) >= 11 is 0. The van der Waals surface area contributed by atoms with Crippen molar-refractivity contribution in [1.82, 2.24) is 10.1 Å². The average molecular weight is 423 g/mol. The van der Waals surface area contributed by atoms with Crippen LogP contribution in [0.5, 0.6) is 17.2 Å². The fourth-order valence-corrected chi connectivity index (χ4v) is 3.54. The van der Waals surface area contributed by atoms with Crippen LogP contribution in [0.25, 0.3) is 11.4 Å². The van der Waals surface area contributed by atoms with Crippen LogP contribution in [-0.2, 0) is 4.79 Å². The molecule has 0 aliphatic carbocycles. The van der Waals surface area contributed by atoms with Gasteiger partial charge in [0.25, 0.3) is 0 Å². The van der Waals surface area contributed by atoms with Gasteiger partial charge in [0.15, 0.2) is 11.5 Å². The van der Waals surface area contributed by atoms with Gasteiger partial charge in [0.1, 0.15) is 5.75 Å². The molecule has 1 fully saturated rings. The van der Waals surface area contributed by atoms with Crippen LogP contribution in [0.3, 0.4) is 0 Å². The molecule has 31 heavy (non-hydrogen) atoms. The second-order valence-corrected chi connectivity index (χ2v) is 7.27. The number of anilines is 1. The van der Waals surface area contributed by atoms with E-state index in [0.717, 1.165) is 23.4 Å². The van der Waals surface area contributed by atoms with E-state index in [1.807, 2.05) is 49.4 Å². The van der Waals surface area contributed by atoms with Crippen molar-refractivity contribution in [2.24, 2.45) is 0 Å². The predicted molar refractivity (Wildman–Crippen MR) is 115 cm³/mol. The summed E-state index contributed by atoms with van der Waals surface area (Å²) in [6.45, 7) is 3.15. The molecule has 8 heteroatoms. The van der Waals surface area contributed by atoms with E-state index < -0.39 is 0 Å². The number of rotatable bonds is 8. The van der Waals surface area contributed by atoms with Gasteiger partial charge in [-0.2, -0.15) is 4.98 Å². The number of hydrogen-bond donors (Lipinski definition) is 0. The standard InChI is InChI=1S/C23H25N3O5/c1-4-11-30-19-10-5-15(12-20(19)29-3)22-24-23(31-25-22)16-13-21(27)26(14-16)17-6-8-18(28-2)9-7-17/h5-10,12,16H,4,11,13-14H2,1-3H3. The van der Waals surface area contributed by atoms with Crippen LogP contribution in [-0.4, -0.2) is 43.4 Å². The molecule has 0 N–H and O–H groups in total. The first-order valence-corrected chi connectivity index (χ1v) is 10.2. The first kappa shape index (κ1) is 20.7. The van der Waals surface area contributed by atoms with Crippen LogP contribution in [0.15, 0.2) is 47.0 Å². The minimum atomic E-state index is -0.162. The largest absolute Gasteiger partial charge is 0.497 e. The van der Waals surface area contributed by atoms with E-state index in [1.165, 1.54) is 0 Å². The normalized spacial score (nSPS) is 15.9. The summed E-state index contributed by atoms with van der Waals surface area (Å²) in [6.07, 6.45) is 1.23. The van der Waals surface area contributed by atoms with Gasteiger partial charge in [-0.05, 0) is 48.9 Å². The monoisotopic (exact) mass is 423 g/mol. The third kappa shape index (κ3) is 4.33. The highest BCUT2D eigenvalue weighted by molar-refractivity contribution is 5.96. The zero-order valence-corrected chi connectivity index (χ0v) is 17.8. The molecular weight excluding hydrogens is 398 g/mol. The summed E-state index contributed by atoms with van der Waals surface area (Å²) in [5.41, 5.74) is 1.58. The van der Waals surface area contributed by atoms with Gasteiger partial charge in [0.05, 0.1) is 26.7 Å². The highest BCUT2D eigenvalue weighted by Gasteiger charge is 2.35. The number of carbonyl (C=O) groups excluding carboxylic acids is 1. The molecule has 1 aromatic heterocycles. The van der Waals surface area contributed by atoms with Crippen LogP contribution in [0.4, 0.5) is 5.69 Å². The zero-order valence-electron chi connectivity index (χ0n) is 17.8. The van der Waals surface area contributed by atoms with Gasteiger partial charge in [0, 0.05) is 24.2 Å². The van der Waals surface area contributed by atoms with Crippen molar-refractivity contribution in [3.63, 3.8) is 0 Å². The summed E-state index contributed by atoms with van der Waals surface area (Å²) < 4.78 is 21.8. The molecule has 8 nitrogen and oxygen atoms in total. The molecule has 0 saturated carbocycles. The zero-order chi connectivity index (χ0) is 21.8. The fraction of sp³-hybridized carbons (Fsp3) is 0.348. The molecule has 1 atom stereocenters. The molecule has 2 heterocycles. The lowest BCUT2D eigenvalue weighted by molar-refractivity contribution is -0.117. The fourth-order valence-electron chi connectivity index (χ4n) is 3.54. The molecular formula is C23H25N3O5. The van der Waals surface area contributed by atoms with Crippen molar-refractivity contribution in [2.75, 3.05) is 32.3 Å². The summed E-state index contributed by atoms with van der Waals surface area (Å²) in [5.74, 6) is 2.79. The van der Waals surface area contributed by atoms with Gasteiger partial charge in [-0.1, -0.05) is 12.1 Å². The van der Waals surface area contributed by atoms with E-state index >= 15 is 0 Å². The van der Waals surface area contributed by atoms with Crippen molar-refractivity contribution in [3.8, 4) is 28.6 Å². The van der Waals surface area contributed by atoms with Crippen LogP contribution < -0.4 is 19.1 Å². The lowest BCUT2D eigenvalue weighted by Crippen LogP contribution is -2.24. The predicted octanol–water partition coefficient (Wildman–Crippen LogP) is 4.06. The molecule has 0 radical (unpaired) electrons. The number of ether oxygens (including phenoxy) is 3. The summed E-state index contributed by atoms with van der Waals surface area (Å²) in [7, 11) is 3.21. The Morgan fingerprint density at radius 1 is 1.10 bits per heavy atom. The first-order chi connectivity index (χ1) is 15.1. The van der Waals surface area contributed by atoms with Crippen LogP contribution in [0.2, 0.25) is 0 Å². The van der Waals surface area contributed by atoms with E-state index in [0.29, 0.717) is 42.8 Å². The van der Waals surface area contributed by atoms with Crippen LogP contribution in [0, 0.1) is 0 Å². The van der Waals surface area contributed by atoms with Crippen LogP contribution in [0.1, 0.15) is 31.6 Å². The second kappa shape index (κ2) is 9.07. The Hall–Kier alpha value is -3.55. The van der Waals surface area contributed by atoms with Crippen molar-refractivity contribution in [1.29, 1.82) is 0 Å². The first-order valence-electron chi connectivity index (χ1n) is 10.2. The molecule has 0 bridgehead atoms. The summed E-state index contributed by atoms with van der Waals surface area (Å²) in [4.78, 5) is 18.9. The SMILES string of the molecule is CCCOc1ccc(-c2noc(C3CC(=O)N(c4ccc(OC)cc4)C3)n2)cc1OC. The number of aromatic nitrogens is 2. The molecule has 0 spiro atoms. The van der Waals surface area contributed by atoms with Gasteiger partial charge in [-0.15, -0.1) is 0 Å². The number of amides is 1. The molecule has 1 aliphatic rings. The molecule has 2 aromatic carbocycles. The Labute approximate surface area is 180 Å². The quantitative estimate of drug-likeness (QED) is 0.540. The third-order valence-electron chi connectivity index (χ3n) is 5.18. The summed E-state index contributed by atoms with van der Waals surface area (Å²) in [5, 5.41) is 4.11. The van der Waals surface area contributed by atoms with Crippen LogP contribution >= 0.6 is 0 Å². The van der Waals surface area contributed by atoms with E-state index in [-0.39, 0.29) is 11.8 Å². The topological polar surface area (TPSA) is 86.9 Å². The molecule has 162 valence electrons. The number of carbonyl (C=O) groups is 1. The lowest BCUT2D eigenvalue weighted by Gasteiger charge is -2.16. The Morgan fingerprint density at radius 2 is 1.90 bits per heavy atom. The van der Waals surface area contributed by atoms with Crippen molar-refractivity contribution >= 4 is 11.6 Å². The Balaban J connectivity index is 1.50. The van der Waals surface area contributed by atoms with Crippen molar-refractivity contribution in [2.45, 2.75) is 25.7 Å². The lowest BCUT2D eigenvalue weighted by atomic mass is 10.1. The Kier molecular flexibility index (Phi) is 6.06. The molecule has 1 unspecified atom stereocenters. The number of benzene rings is 2. The van der Waals surface area contributed by atoms with Gasteiger partial charge in [-0.25, -0.2) is 0 Å².